The molecular weight excluding hydrogens is 398 g/mol. The van der Waals surface area contributed by atoms with Crippen LogP contribution in [-0.4, -0.2) is 22.0 Å². The summed E-state index contributed by atoms with van der Waals surface area (Å²) in [5, 5.41) is 12.3. The van der Waals surface area contributed by atoms with Gasteiger partial charge in [0.1, 0.15) is 0 Å². The van der Waals surface area contributed by atoms with Gasteiger partial charge in [0.2, 0.25) is 0 Å². The monoisotopic (exact) mass is 413 g/mol. The SMILES string of the molecule is C=C/C(=C\[CH]=[W])CNC(=O)c1cccc(O)c1C. The van der Waals surface area contributed by atoms with E-state index in [2.05, 4.69) is 11.9 Å². The van der Waals surface area contributed by atoms with E-state index >= 15 is 0 Å². The number of aromatic hydroxyl groups is 1. The predicted molar refractivity (Wildman–Crippen MR) is 69.5 cm³/mol. The van der Waals surface area contributed by atoms with Gasteiger partial charge >= 0.3 is 118 Å². The van der Waals surface area contributed by atoms with Gasteiger partial charge in [-0.05, 0) is 0 Å². The van der Waals surface area contributed by atoms with Crippen molar-refractivity contribution in [2.24, 2.45) is 0 Å². The van der Waals surface area contributed by atoms with Gasteiger partial charge in [0.25, 0.3) is 0 Å². The summed E-state index contributed by atoms with van der Waals surface area (Å²) < 4.78 is 1.97. The van der Waals surface area contributed by atoms with Gasteiger partial charge in [0.15, 0.2) is 0 Å². The van der Waals surface area contributed by atoms with Gasteiger partial charge in [-0.25, -0.2) is 0 Å². The summed E-state index contributed by atoms with van der Waals surface area (Å²) in [6, 6.07) is 4.92. The number of carbonyl (C=O) groups excluding carboxylic acids is 1. The predicted octanol–water partition coefficient (Wildman–Crippen LogP) is 1.89. The Morgan fingerprint density at radius 3 is 2.89 bits per heavy atom. The number of hydrogen-bond acceptors (Lipinski definition) is 2. The van der Waals surface area contributed by atoms with Crippen LogP contribution in [0, 0.1) is 6.92 Å². The van der Waals surface area contributed by atoms with Crippen molar-refractivity contribution < 1.29 is 29.3 Å². The van der Waals surface area contributed by atoms with Crippen LogP contribution in [0.5, 0.6) is 5.75 Å². The second-order valence-corrected chi connectivity index (χ2v) is 4.69. The molecule has 0 aliphatic heterocycles. The fraction of sp³-hybridized carbons (Fsp3) is 0.143. The van der Waals surface area contributed by atoms with Crippen molar-refractivity contribution in [2.75, 3.05) is 6.54 Å². The Bertz CT molecular complexity index is 507. The first-order valence-corrected chi connectivity index (χ1v) is 7.13. The molecule has 0 aliphatic rings. The first-order chi connectivity index (χ1) is 8.60. The van der Waals surface area contributed by atoms with E-state index in [1.165, 1.54) is 19.4 Å². The van der Waals surface area contributed by atoms with Crippen LogP contribution in [0.4, 0.5) is 0 Å². The maximum atomic E-state index is 12.0. The van der Waals surface area contributed by atoms with Crippen molar-refractivity contribution in [3.05, 3.63) is 53.6 Å². The molecule has 0 saturated carbocycles. The average molecular weight is 413 g/mol. The van der Waals surface area contributed by atoms with Crippen LogP contribution in [0.3, 0.4) is 0 Å². The molecule has 1 aromatic carbocycles. The molecule has 4 heteroatoms. The molecule has 1 amide bonds. The summed E-state index contributed by atoms with van der Waals surface area (Å²) in [6.45, 7) is 5.84. The molecule has 3 nitrogen and oxygen atoms in total. The van der Waals surface area contributed by atoms with Crippen LogP contribution in [0.15, 0.2) is 42.5 Å². The van der Waals surface area contributed by atoms with E-state index in [4.69, 9.17) is 0 Å². The maximum absolute atomic E-state index is 12.0. The van der Waals surface area contributed by atoms with Crippen molar-refractivity contribution in [1.82, 2.24) is 5.32 Å². The Kier molecular flexibility index (Phi) is 5.73. The molecule has 2 N–H and O–H groups in total. The molecule has 1 aromatic rings. The number of amides is 1. The van der Waals surface area contributed by atoms with E-state index in [0.29, 0.717) is 17.7 Å². The third kappa shape index (κ3) is 3.78. The van der Waals surface area contributed by atoms with Crippen molar-refractivity contribution in [2.45, 2.75) is 6.92 Å². The molecule has 0 unspecified atom stereocenters. The minimum absolute atomic E-state index is 0.132. The zero-order valence-electron chi connectivity index (χ0n) is 10.1. The van der Waals surface area contributed by atoms with Crippen LogP contribution in [0.25, 0.3) is 0 Å². The molecule has 0 heterocycles. The first-order valence-electron chi connectivity index (χ1n) is 5.43. The van der Waals surface area contributed by atoms with Gasteiger partial charge < -0.3 is 0 Å². The third-order valence-electron chi connectivity index (χ3n) is 2.55. The molecule has 0 aromatic heterocycles. The minimum atomic E-state index is -0.195. The Labute approximate surface area is 118 Å². The fourth-order valence-corrected chi connectivity index (χ4v) is 2.06. The zero-order chi connectivity index (χ0) is 13.5. The number of benzene rings is 1. The second kappa shape index (κ2) is 7.07. The first kappa shape index (κ1) is 14.6. The molecule has 0 aliphatic carbocycles. The van der Waals surface area contributed by atoms with Crippen LogP contribution in [-0.2, 0) is 19.4 Å². The quantitative estimate of drug-likeness (QED) is 0.725. The fourth-order valence-electron chi connectivity index (χ4n) is 1.43. The van der Waals surface area contributed by atoms with Gasteiger partial charge in [-0.2, -0.15) is 0 Å². The number of hydrogen-bond donors (Lipinski definition) is 2. The van der Waals surface area contributed by atoms with Crippen molar-refractivity contribution in [3.63, 3.8) is 0 Å². The number of phenolic OH excluding ortho intramolecular Hbond substituents is 1. The number of carbonyl (C=O) groups is 1. The molecule has 0 bridgehead atoms. The Hall–Kier alpha value is -1.47. The van der Waals surface area contributed by atoms with Crippen molar-refractivity contribution in [3.8, 4) is 5.75 Å². The van der Waals surface area contributed by atoms with E-state index in [1.54, 1.807) is 31.2 Å². The standard InChI is InChI=1S/C14H15NO2.W/c1-4-11(5-2)9-15-14(17)12-7-6-8-13(16)10(12)3;/h1,4-8,16H,2,9H2,3H3,(H,15,17);/b11-4+;. The number of phenols is 1. The van der Waals surface area contributed by atoms with Gasteiger partial charge in [-0.3, -0.25) is 0 Å². The molecule has 1 rings (SSSR count). The number of nitrogens with one attached hydrogen (secondary N) is 1. The summed E-state index contributed by atoms with van der Waals surface area (Å²) in [5.41, 5.74) is 2.03. The second-order valence-electron chi connectivity index (χ2n) is 3.71. The van der Waals surface area contributed by atoms with Gasteiger partial charge in [0, 0.05) is 0 Å². The van der Waals surface area contributed by atoms with E-state index in [0.717, 1.165) is 5.57 Å². The molecule has 94 valence electrons. The summed E-state index contributed by atoms with van der Waals surface area (Å²) in [5.74, 6) is -0.0628. The van der Waals surface area contributed by atoms with Crippen molar-refractivity contribution >= 4 is 10.3 Å². The molecule has 0 spiro atoms. The number of allylic oxidation sites excluding steroid dienone is 1. The van der Waals surface area contributed by atoms with Gasteiger partial charge in [-0.15, -0.1) is 0 Å². The summed E-state index contributed by atoms with van der Waals surface area (Å²) in [6.07, 6.45) is 3.65. The van der Waals surface area contributed by atoms with Gasteiger partial charge in [0.05, 0.1) is 0 Å². The number of rotatable bonds is 5. The van der Waals surface area contributed by atoms with E-state index in [1.807, 2.05) is 10.5 Å². The molecule has 0 radical (unpaired) electrons. The van der Waals surface area contributed by atoms with E-state index < -0.39 is 0 Å². The molecule has 0 fully saturated rings. The molecular formula is C14H15NO2W. The summed E-state index contributed by atoms with van der Waals surface area (Å²) >= 11 is 1.35. The van der Waals surface area contributed by atoms with Crippen LogP contribution in [0.1, 0.15) is 15.9 Å². The Morgan fingerprint density at radius 1 is 1.56 bits per heavy atom. The molecule has 0 atom stereocenters. The van der Waals surface area contributed by atoms with E-state index in [9.17, 15) is 9.90 Å². The average Bonchev–Trinajstić information content (AvgIpc) is 2.37. The Morgan fingerprint density at radius 2 is 2.28 bits per heavy atom. The summed E-state index contributed by atoms with van der Waals surface area (Å²) in [7, 11) is 0. The Balaban J connectivity index is 2.77. The van der Waals surface area contributed by atoms with Crippen LogP contribution in [0.2, 0.25) is 0 Å². The van der Waals surface area contributed by atoms with Crippen molar-refractivity contribution in [1.29, 1.82) is 0 Å². The third-order valence-corrected chi connectivity index (χ3v) is 3.04. The normalized spacial score (nSPS) is 10.8. The zero-order valence-corrected chi connectivity index (χ0v) is 13.1. The molecule has 18 heavy (non-hydrogen) atoms. The topological polar surface area (TPSA) is 49.3 Å². The van der Waals surface area contributed by atoms with Gasteiger partial charge in [-0.1, -0.05) is 0 Å². The van der Waals surface area contributed by atoms with Crippen LogP contribution < -0.4 is 5.32 Å². The van der Waals surface area contributed by atoms with E-state index in [-0.39, 0.29) is 11.7 Å². The van der Waals surface area contributed by atoms with Crippen LogP contribution >= 0.6 is 0 Å². The molecule has 0 saturated heterocycles. The summed E-state index contributed by atoms with van der Waals surface area (Å²) in [4.78, 5) is 12.0.